The summed E-state index contributed by atoms with van der Waals surface area (Å²) in [5.41, 5.74) is 1.88. The van der Waals surface area contributed by atoms with Crippen molar-refractivity contribution in [3.05, 3.63) is 17.5 Å². The Balaban J connectivity index is 1.99. The Morgan fingerprint density at radius 1 is 1.32 bits per heavy atom. The molecule has 1 amide bonds. The molecule has 19 heavy (non-hydrogen) atoms. The van der Waals surface area contributed by atoms with Crippen molar-refractivity contribution in [2.24, 2.45) is 0 Å². The van der Waals surface area contributed by atoms with Crippen LogP contribution in [-0.4, -0.2) is 52.2 Å². The van der Waals surface area contributed by atoms with Gasteiger partial charge in [0.05, 0.1) is 5.25 Å². The lowest BCUT2D eigenvalue weighted by Crippen LogP contribution is -2.48. The molecule has 6 heteroatoms. The van der Waals surface area contributed by atoms with Gasteiger partial charge in [-0.15, -0.1) is 0 Å². The van der Waals surface area contributed by atoms with E-state index in [9.17, 15) is 4.79 Å². The Hall–Kier alpha value is -1.14. The van der Waals surface area contributed by atoms with Gasteiger partial charge in [-0.2, -0.15) is 0 Å². The highest BCUT2D eigenvalue weighted by molar-refractivity contribution is 8.00. The van der Waals surface area contributed by atoms with Crippen LogP contribution in [0.25, 0.3) is 0 Å². The highest BCUT2D eigenvalue weighted by atomic mass is 32.2. The number of piperazine rings is 1. The van der Waals surface area contributed by atoms with E-state index in [1.165, 1.54) is 11.8 Å². The van der Waals surface area contributed by atoms with Crippen molar-refractivity contribution in [3.8, 4) is 0 Å². The first-order chi connectivity index (χ1) is 9.06. The van der Waals surface area contributed by atoms with E-state index in [4.69, 9.17) is 0 Å². The van der Waals surface area contributed by atoms with Gasteiger partial charge in [0, 0.05) is 37.6 Å². The van der Waals surface area contributed by atoms with Crippen molar-refractivity contribution in [1.82, 2.24) is 20.2 Å². The summed E-state index contributed by atoms with van der Waals surface area (Å²) in [5, 5.41) is 3.80. The topological polar surface area (TPSA) is 58.1 Å². The number of carbonyl (C=O) groups excluding carboxylic acids is 1. The third-order valence-corrected chi connectivity index (χ3v) is 3.97. The molecular formula is C13H20N4OS. The second-order valence-electron chi connectivity index (χ2n) is 4.77. The molecule has 0 saturated carbocycles. The lowest BCUT2D eigenvalue weighted by Gasteiger charge is -2.29. The predicted molar refractivity (Wildman–Crippen MR) is 76.3 cm³/mol. The fourth-order valence-electron chi connectivity index (χ4n) is 2.10. The third kappa shape index (κ3) is 3.91. The number of amides is 1. The summed E-state index contributed by atoms with van der Waals surface area (Å²) in [6.45, 7) is 9.15. The van der Waals surface area contributed by atoms with Crippen molar-refractivity contribution in [2.45, 2.75) is 31.2 Å². The number of thioether (sulfide) groups is 1. The van der Waals surface area contributed by atoms with E-state index < -0.39 is 0 Å². The van der Waals surface area contributed by atoms with Crippen molar-refractivity contribution in [3.63, 3.8) is 0 Å². The Bertz CT molecular complexity index is 440. The van der Waals surface area contributed by atoms with Crippen molar-refractivity contribution in [2.75, 3.05) is 26.2 Å². The zero-order valence-electron chi connectivity index (χ0n) is 11.6. The van der Waals surface area contributed by atoms with E-state index in [0.717, 1.165) is 37.6 Å². The first kappa shape index (κ1) is 14.3. The van der Waals surface area contributed by atoms with E-state index in [1.807, 2.05) is 31.7 Å². The lowest BCUT2D eigenvalue weighted by atomic mass is 10.3. The molecular weight excluding hydrogens is 260 g/mol. The summed E-state index contributed by atoms with van der Waals surface area (Å²) in [7, 11) is 0. The molecule has 1 unspecified atom stereocenters. The SMILES string of the molecule is Cc1cc(C)nc(SC(C)C(=O)N2CCNCC2)n1. The van der Waals surface area contributed by atoms with Crippen molar-refractivity contribution >= 4 is 17.7 Å². The summed E-state index contributed by atoms with van der Waals surface area (Å²) in [5.74, 6) is 0.175. The van der Waals surface area contributed by atoms with E-state index in [0.29, 0.717) is 5.16 Å². The van der Waals surface area contributed by atoms with Gasteiger partial charge in [-0.25, -0.2) is 9.97 Å². The Kier molecular flexibility index (Phi) is 4.76. The Morgan fingerprint density at radius 3 is 2.47 bits per heavy atom. The molecule has 2 heterocycles. The first-order valence-corrected chi connectivity index (χ1v) is 7.42. The molecule has 1 aliphatic heterocycles. The molecule has 0 bridgehead atoms. The maximum Gasteiger partial charge on any atom is 0.235 e. The fourth-order valence-corrected chi connectivity index (χ4v) is 3.06. The number of carbonyl (C=O) groups is 1. The lowest BCUT2D eigenvalue weighted by molar-refractivity contribution is -0.130. The summed E-state index contributed by atoms with van der Waals surface area (Å²) in [4.78, 5) is 22.9. The molecule has 1 atom stereocenters. The molecule has 1 N–H and O–H groups in total. The molecule has 5 nitrogen and oxygen atoms in total. The summed E-state index contributed by atoms with van der Waals surface area (Å²) in [6, 6.07) is 1.94. The molecule has 1 saturated heterocycles. The van der Waals surface area contributed by atoms with Gasteiger partial charge < -0.3 is 10.2 Å². The van der Waals surface area contributed by atoms with Crippen LogP contribution in [0, 0.1) is 13.8 Å². The minimum atomic E-state index is -0.140. The maximum absolute atomic E-state index is 12.3. The molecule has 1 fully saturated rings. The highest BCUT2D eigenvalue weighted by Gasteiger charge is 2.23. The van der Waals surface area contributed by atoms with Crippen molar-refractivity contribution in [1.29, 1.82) is 0 Å². The van der Waals surface area contributed by atoms with Gasteiger partial charge in [0.25, 0.3) is 0 Å². The zero-order valence-corrected chi connectivity index (χ0v) is 12.5. The van der Waals surface area contributed by atoms with E-state index in [1.54, 1.807) is 0 Å². The van der Waals surface area contributed by atoms with Gasteiger partial charge >= 0.3 is 0 Å². The fraction of sp³-hybridized carbons (Fsp3) is 0.615. The molecule has 0 radical (unpaired) electrons. The van der Waals surface area contributed by atoms with E-state index in [2.05, 4.69) is 15.3 Å². The molecule has 1 aliphatic rings. The minimum Gasteiger partial charge on any atom is -0.339 e. The molecule has 0 aliphatic carbocycles. The molecule has 0 spiro atoms. The maximum atomic E-state index is 12.3. The van der Waals surface area contributed by atoms with Crippen LogP contribution in [0.5, 0.6) is 0 Å². The van der Waals surface area contributed by atoms with Gasteiger partial charge in [0.15, 0.2) is 5.16 Å². The second-order valence-corrected chi connectivity index (χ2v) is 6.08. The number of hydrogen-bond acceptors (Lipinski definition) is 5. The van der Waals surface area contributed by atoms with Crippen LogP contribution in [0.1, 0.15) is 18.3 Å². The first-order valence-electron chi connectivity index (χ1n) is 6.54. The Labute approximate surface area is 118 Å². The van der Waals surface area contributed by atoms with Crippen LogP contribution in [-0.2, 0) is 4.79 Å². The van der Waals surface area contributed by atoms with E-state index in [-0.39, 0.29) is 11.2 Å². The quantitative estimate of drug-likeness (QED) is 0.661. The number of aryl methyl sites for hydroxylation is 2. The number of rotatable bonds is 3. The normalized spacial score (nSPS) is 17.3. The van der Waals surface area contributed by atoms with Crippen LogP contribution in [0.2, 0.25) is 0 Å². The number of nitrogens with one attached hydrogen (secondary N) is 1. The number of hydrogen-bond donors (Lipinski definition) is 1. The average molecular weight is 280 g/mol. The smallest absolute Gasteiger partial charge is 0.235 e. The third-order valence-electron chi connectivity index (χ3n) is 3.02. The monoisotopic (exact) mass is 280 g/mol. The predicted octanol–water partition coefficient (Wildman–Crippen LogP) is 1.01. The molecule has 1 aromatic heterocycles. The van der Waals surface area contributed by atoms with Gasteiger partial charge in [-0.3, -0.25) is 4.79 Å². The summed E-state index contributed by atoms with van der Waals surface area (Å²) in [6.07, 6.45) is 0. The standard InChI is InChI=1S/C13H20N4OS/c1-9-8-10(2)16-13(15-9)19-11(3)12(18)17-6-4-14-5-7-17/h8,11,14H,4-7H2,1-3H3. The molecule has 0 aromatic carbocycles. The largest absolute Gasteiger partial charge is 0.339 e. The zero-order chi connectivity index (χ0) is 13.8. The number of aromatic nitrogens is 2. The van der Waals surface area contributed by atoms with Gasteiger partial charge in [-0.05, 0) is 26.8 Å². The average Bonchev–Trinajstić information content (AvgIpc) is 2.37. The summed E-state index contributed by atoms with van der Waals surface area (Å²) >= 11 is 1.44. The second kappa shape index (κ2) is 6.34. The molecule has 1 aromatic rings. The van der Waals surface area contributed by atoms with Crippen LogP contribution >= 0.6 is 11.8 Å². The van der Waals surface area contributed by atoms with Crippen molar-refractivity contribution < 1.29 is 4.79 Å². The molecule has 2 rings (SSSR count). The van der Waals surface area contributed by atoms with Crippen LogP contribution < -0.4 is 5.32 Å². The highest BCUT2D eigenvalue weighted by Crippen LogP contribution is 2.21. The Morgan fingerprint density at radius 2 is 1.89 bits per heavy atom. The minimum absolute atomic E-state index is 0.140. The van der Waals surface area contributed by atoms with E-state index >= 15 is 0 Å². The molecule has 104 valence electrons. The van der Waals surface area contributed by atoms with Gasteiger partial charge in [0.2, 0.25) is 5.91 Å². The van der Waals surface area contributed by atoms with Crippen LogP contribution in [0.3, 0.4) is 0 Å². The van der Waals surface area contributed by atoms with Crippen LogP contribution in [0.15, 0.2) is 11.2 Å². The van der Waals surface area contributed by atoms with Crippen LogP contribution in [0.4, 0.5) is 0 Å². The summed E-state index contributed by atoms with van der Waals surface area (Å²) < 4.78 is 0. The van der Waals surface area contributed by atoms with Gasteiger partial charge in [0.1, 0.15) is 0 Å². The van der Waals surface area contributed by atoms with Gasteiger partial charge in [-0.1, -0.05) is 11.8 Å². The number of nitrogens with zero attached hydrogens (tertiary/aromatic N) is 3.